The minimum absolute atomic E-state index is 0.00249. The molecule has 0 heterocycles. The van der Waals surface area contributed by atoms with E-state index in [9.17, 15) is 19.8 Å². The predicted molar refractivity (Wildman–Crippen MR) is 269 cm³/mol. The van der Waals surface area contributed by atoms with Gasteiger partial charge in [-0.25, -0.2) is 0 Å². The quantitative estimate of drug-likeness (QED) is 0.0321. The number of aliphatic hydroxyl groups excluding tert-OH is 2. The summed E-state index contributed by atoms with van der Waals surface area (Å²) >= 11 is 0. The Labute approximate surface area is 386 Å². The SMILES string of the molecule is CCCCCCC/C=C\CCCCCCCC(=O)OCCCCCCCCCCC/C=C\CCCCCCCCCC(=O)NC(CO)C(O)CCCCCCCCCCCCC. The van der Waals surface area contributed by atoms with Crippen LogP contribution in [0.1, 0.15) is 296 Å². The van der Waals surface area contributed by atoms with Gasteiger partial charge in [-0.15, -0.1) is 0 Å². The number of hydrogen-bond donors (Lipinski definition) is 3. The highest BCUT2D eigenvalue weighted by atomic mass is 16.5. The van der Waals surface area contributed by atoms with Gasteiger partial charge in [0.05, 0.1) is 25.4 Å². The maximum atomic E-state index is 12.4. The van der Waals surface area contributed by atoms with Crippen LogP contribution in [0.15, 0.2) is 24.3 Å². The summed E-state index contributed by atoms with van der Waals surface area (Å²) in [6.45, 7) is 4.92. The molecule has 0 aliphatic carbocycles. The topological polar surface area (TPSA) is 95.9 Å². The number of amides is 1. The molecule has 0 aromatic carbocycles. The van der Waals surface area contributed by atoms with Crippen LogP contribution in [0.5, 0.6) is 0 Å². The number of carbonyl (C=O) groups is 2. The van der Waals surface area contributed by atoms with E-state index in [-0.39, 0.29) is 18.5 Å². The first-order valence-electron chi connectivity index (χ1n) is 27.6. The largest absolute Gasteiger partial charge is 0.466 e. The van der Waals surface area contributed by atoms with E-state index >= 15 is 0 Å². The zero-order valence-corrected chi connectivity index (χ0v) is 41.6. The Morgan fingerprint density at radius 3 is 1.15 bits per heavy atom. The number of carbonyl (C=O) groups excluding carboxylic acids is 2. The lowest BCUT2D eigenvalue weighted by Gasteiger charge is -2.22. The van der Waals surface area contributed by atoms with Crippen molar-refractivity contribution in [2.75, 3.05) is 13.2 Å². The molecule has 0 saturated carbocycles. The molecule has 62 heavy (non-hydrogen) atoms. The normalized spacial score (nSPS) is 12.8. The van der Waals surface area contributed by atoms with E-state index in [1.807, 2.05) is 0 Å². The van der Waals surface area contributed by atoms with Crippen molar-refractivity contribution in [1.82, 2.24) is 5.32 Å². The minimum Gasteiger partial charge on any atom is -0.466 e. The molecule has 1 amide bonds. The second-order valence-corrected chi connectivity index (χ2v) is 18.9. The maximum absolute atomic E-state index is 12.4. The van der Waals surface area contributed by atoms with Gasteiger partial charge in [-0.2, -0.15) is 0 Å². The molecule has 3 N–H and O–H groups in total. The maximum Gasteiger partial charge on any atom is 0.305 e. The van der Waals surface area contributed by atoms with Gasteiger partial charge in [0.15, 0.2) is 0 Å². The minimum atomic E-state index is -0.668. The van der Waals surface area contributed by atoms with Gasteiger partial charge in [0.1, 0.15) is 0 Å². The van der Waals surface area contributed by atoms with Gasteiger partial charge in [-0.1, -0.05) is 231 Å². The van der Waals surface area contributed by atoms with Crippen LogP contribution in [0.3, 0.4) is 0 Å². The molecule has 0 saturated heterocycles. The second-order valence-electron chi connectivity index (χ2n) is 18.9. The fourth-order valence-electron chi connectivity index (χ4n) is 8.45. The third-order valence-corrected chi connectivity index (χ3v) is 12.7. The fourth-order valence-corrected chi connectivity index (χ4v) is 8.45. The molecule has 6 nitrogen and oxygen atoms in total. The highest BCUT2D eigenvalue weighted by molar-refractivity contribution is 5.76. The van der Waals surface area contributed by atoms with Gasteiger partial charge in [0.25, 0.3) is 0 Å². The van der Waals surface area contributed by atoms with Gasteiger partial charge < -0.3 is 20.3 Å². The molecule has 0 rings (SSSR count). The van der Waals surface area contributed by atoms with Gasteiger partial charge in [0, 0.05) is 12.8 Å². The molecule has 0 spiro atoms. The number of nitrogens with one attached hydrogen (secondary N) is 1. The average Bonchev–Trinajstić information content (AvgIpc) is 3.27. The summed E-state index contributed by atoms with van der Waals surface area (Å²) in [6, 6.07) is -0.546. The van der Waals surface area contributed by atoms with Crippen LogP contribution in [0.4, 0.5) is 0 Å². The van der Waals surface area contributed by atoms with Crippen molar-refractivity contribution in [2.45, 2.75) is 309 Å². The average molecular weight is 874 g/mol. The van der Waals surface area contributed by atoms with Crippen LogP contribution in [-0.2, 0) is 14.3 Å². The van der Waals surface area contributed by atoms with Gasteiger partial charge in [-0.05, 0) is 77.0 Å². The van der Waals surface area contributed by atoms with Crippen LogP contribution < -0.4 is 5.32 Å². The van der Waals surface area contributed by atoms with Gasteiger partial charge in [0.2, 0.25) is 5.91 Å². The number of esters is 1. The van der Waals surface area contributed by atoms with Crippen molar-refractivity contribution in [3.63, 3.8) is 0 Å². The summed E-state index contributed by atoms with van der Waals surface area (Å²) in [7, 11) is 0. The molecule has 366 valence electrons. The number of ether oxygens (including phenoxy) is 1. The molecule has 0 aromatic heterocycles. The van der Waals surface area contributed by atoms with Crippen molar-refractivity contribution in [3.05, 3.63) is 24.3 Å². The number of hydrogen-bond acceptors (Lipinski definition) is 5. The number of rotatable bonds is 51. The highest BCUT2D eigenvalue weighted by Crippen LogP contribution is 2.16. The van der Waals surface area contributed by atoms with E-state index in [4.69, 9.17) is 4.74 Å². The van der Waals surface area contributed by atoms with Crippen LogP contribution >= 0.6 is 0 Å². The number of unbranched alkanes of at least 4 members (excludes halogenated alkanes) is 36. The Balaban J connectivity index is 3.42. The van der Waals surface area contributed by atoms with Crippen molar-refractivity contribution in [2.24, 2.45) is 0 Å². The summed E-state index contributed by atoms with van der Waals surface area (Å²) in [6.07, 6.45) is 61.6. The van der Waals surface area contributed by atoms with Crippen molar-refractivity contribution in [3.8, 4) is 0 Å². The molecular weight excluding hydrogens is 767 g/mol. The Morgan fingerprint density at radius 2 is 0.758 bits per heavy atom. The fraction of sp³-hybridized carbons (Fsp3) is 0.893. The molecule has 0 aliphatic rings. The molecule has 0 aliphatic heterocycles. The second kappa shape index (κ2) is 52.0. The molecule has 2 atom stereocenters. The molecule has 0 aromatic rings. The first kappa shape index (κ1) is 60.3. The summed E-state index contributed by atoms with van der Waals surface area (Å²) in [5.74, 6) is -0.0472. The Bertz CT molecular complexity index is 966. The summed E-state index contributed by atoms with van der Waals surface area (Å²) in [5, 5.41) is 23.1. The van der Waals surface area contributed by atoms with E-state index in [0.717, 1.165) is 44.9 Å². The number of aliphatic hydroxyl groups is 2. The smallest absolute Gasteiger partial charge is 0.305 e. The predicted octanol–water partition coefficient (Wildman–Crippen LogP) is 16.7. The molecule has 0 radical (unpaired) electrons. The third kappa shape index (κ3) is 47.8. The zero-order chi connectivity index (χ0) is 45.1. The van der Waals surface area contributed by atoms with Gasteiger partial charge in [-0.3, -0.25) is 9.59 Å². The van der Waals surface area contributed by atoms with Crippen LogP contribution in [-0.4, -0.2) is 47.4 Å². The molecule has 6 heteroatoms. The van der Waals surface area contributed by atoms with Crippen LogP contribution in [0.25, 0.3) is 0 Å². The molecule has 0 bridgehead atoms. The van der Waals surface area contributed by atoms with Crippen molar-refractivity contribution < 1.29 is 24.5 Å². The Morgan fingerprint density at radius 1 is 0.435 bits per heavy atom. The lowest BCUT2D eigenvalue weighted by Crippen LogP contribution is -2.45. The molecule has 2 unspecified atom stereocenters. The number of allylic oxidation sites excluding steroid dienone is 4. The Kier molecular flexibility index (Phi) is 50.6. The molecular formula is C56H107NO5. The van der Waals surface area contributed by atoms with E-state index in [1.54, 1.807) is 0 Å². The zero-order valence-electron chi connectivity index (χ0n) is 41.6. The van der Waals surface area contributed by atoms with E-state index < -0.39 is 12.1 Å². The van der Waals surface area contributed by atoms with E-state index in [0.29, 0.717) is 25.9 Å². The van der Waals surface area contributed by atoms with E-state index in [1.165, 1.54) is 218 Å². The lowest BCUT2D eigenvalue weighted by atomic mass is 10.0. The van der Waals surface area contributed by atoms with Crippen molar-refractivity contribution in [1.29, 1.82) is 0 Å². The summed E-state index contributed by atoms with van der Waals surface area (Å²) < 4.78 is 5.46. The lowest BCUT2D eigenvalue weighted by molar-refractivity contribution is -0.143. The van der Waals surface area contributed by atoms with Crippen LogP contribution in [0, 0.1) is 0 Å². The third-order valence-electron chi connectivity index (χ3n) is 12.7. The monoisotopic (exact) mass is 874 g/mol. The van der Waals surface area contributed by atoms with Crippen LogP contribution in [0.2, 0.25) is 0 Å². The van der Waals surface area contributed by atoms with Crippen molar-refractivity contribution >= 4 is 11.9 Å². The summed E-state index contributed by atoms with van der Waals surface area (Å²) in [4.78, 5) is 24.4. The standard InChI is InChI=1S/C56H107NO5/c1-3-5-7-9-11-13-15-16-26-30-34-38-42-46-50-56(61)62-51-47-43-39-35-31-27-24-22-20-18-17-19-21-23-25-29-33-37-41-45-49-55(60)57-53(52-58)54(59)48-44-40-36-32-28-14-12-10-8-6-4-2/h15-17,19,53-54,58-59H,3-14,18,20-52H2,1-2H3,(H,57,60)/b16-15-,19-17-. The van der Waals surface area contributed by atoms with E-state index in [2.05, 4.69) is 43.5 Å². The highest BCUT2D eigenvalue weighted by Gasteiger charge is 2.20. The first-order chi connectivity index (χ1) is 30.5. The first-order valence-corrected chi connectivity index (χ1v) is 27.6. The Hall–Kier alpha value is -1.66. The summed E-state index contributed by atoms with van der Waals surface area (Å²) in [5.41, 5.74) is 0. The van der Waals surface area contributed by atoms with Gasteiger partial charge >= 0.3 is 5.97 Å². The molecule has 0 fully saturated rings.